The highest BCUT2D eigenvalue weighted by atomic mass is 16.4. The highest BCUT2D eigenvalue weighted by Crippen LogP contribution is 1.94. The van der Waals surface area contributed by atoms with Crippen molar-refractivity contribution in [2.75, 3.05) is 0 Å². The van der Waals surface area contributed by atoms with E-state index in [1.165, 1.54) is 0 Å². The Balaban J connectivity index is 2.32. The van der Waals surface area contributed by atoms with Crippen molar-refractivity contribution >= 4 is 11.9 Å². The number of aliphatic carboxylic acids is 1. The molecule has 0 aromatic carbocycles. The van der Waals surface area contributed by atoms with Crippen LogP contribution in [0, 0.1) is 0 Å². The van der Waals surface area contributed by atoms with Crippen LogP contribution >= 0.6 is 0 Å². The van der Waals surface area contributed by atoms with Crippen molar-refractivity contribution in [3.05, 3.63) is 36.2 Å². The van der Waals surface area contributed by atoms with E-state index in [4.69, 9.17) is 5.11 Å². The smallest absolute Gasteiger partial charge is 0.328 e. The Morgan fingerprint density at radius 1 is 1.50 bits per heavy atom. The minimum atomic E-state index is -1.14. The fraction of sp³-hybridized carbons (Fsp3) is 0.111. The standard InChI is InChI=1S/C9H10N2O3/c12-8(1-2-9(13)14)11-6-7-3-4-10-5-7/h1-5,10H,6H2,(H,11,12)(H,13,14)/b2-1+. The van der Waals surface area contributed by atoms with Gasteiger partial charge < -0.3 is 15.4 Å². The number of carboxylic acid groups (broad SMARTS) is 1. The van der Waals surface area contributed by atoms with Crippen LogP contribution in [0.15, 0.2) is 30.6 Å². The molecule has 0 bridgehead atoms. The molecule has 5 nitrogen and oxygen atoms in total. The van der Waals surface area contributed by atoms with Gasteiger partial charge in [0.05, 0.1) is 0 Å². The zero-order chi connectivity index (χ0) is 10.4. The van der Waals surface area contributed by atoms with Crippen LogP contribution in [0.5, 0.6) is 0 Å². The van der Waals surface area contributed by atoms with Gasteiger partial charge in [0.1, 0.15) is 0 Å². The molecule has 0 aliphatic carbocycles. The third-order valence-electron chi connectivity index (χ3n) is 1.51. The number of hydrogen-bond donors (Lipinski definition) is 3. The van der Waals surface area contributed by atoms with Crippen molar-refractivity contribution in [1.29, 1.82) is 0 Å². The maximum Gasteiger partial charge on any atom is 0.328 e. The van der Waals surface area contributed by atoms with Gasteiger partial charge >= 0.3 is 5.97 Å². The lowest BCUT2D eigenvalue weighted by Gasteiger charge is -1.97. The Morgan fingerprint density at radius 3 is 2.86 bits per heavy atom. The summed E-state index contributed by atoms with van der Waals surface area (Å²) in [7, 11) is 0. The molecule has 0 aliphatic rings. The number of hydrogen-bond acceptors (Lipinski definition) is 2. The van der Waals surface area contributed by atoms with E-state index in [0.717, 1.165) is 17.7 Å². The monoisotopic (exact) mass is 194 g/mol. The third-order valence-corrected chi connectivity index (χ3v) is 1.51. The fourth-order valence-electron chi connectivity index (χ4n) is 0.863. The summed E-state index contributed by atoms with van der Waals surface area (Å²) in [5, 5.41) is 10.8. The van der Waals surface area contributed by atoms with Gasteiger partial charge in [0.2, 0.25) is 5.91 Å². The number of aromatic nitrogens is 1. The van der Waals surface area contributed by atoms with E-state index in [1.54, 1.807) is 12.4 Å². The first-order valence-corrected chi connectivity index (χ1v) is 3.99. The first kappa shape index (κ1) is 10.0. The highest BCUT2D eigenvalue weighted by molar-refractivity contribution is 5.93. The summed E-state index contributed by atoms with van der Waals surface area (Å²) in [5.41, 5.74) is 0.932. The van der Waals surface area contributed by atoms with Gasteiger partial charge in [0.15, 0.2) is 0 Å². The summed E-state index contributed by atoms with van der Waals surface area (Å²) >= 11 is 0. The number of aromatic amines is 1. The van der Waals surface area contributed by atoms with E-state index in [1.807, 2.05) is 6.07 Å². The van der Waals surface area contributed by atoms with Crippen LogP contribution in [0.2, 0.25) is 0 Å². The molecule has 14 heavy (non-hydrogen) atoms. The van der Waals surface area contributed by atoms with E-state index in [-0.39, 0.29) is 0 Å². The van der Waals surface area contributed by atoms with Gasteiger partial charge in [-0.3, -0.25) is 4.79 Å². The van der Waals surface area contributed by atoms with E-state index in [0.29, 0.717) is 6.54 Å². The van der Waals surface area contributed by atoms with Crippen molar-refractivity contribution in [2.24, 2.45) is 0 Å². The van der Waals surface area contributed by atoms with Crippen molar-refractivity contribution in [1.82, 2.24) is 10.3 Å². The summed E-state index contributed by atoms with van der Waals surface area (Å²) in [4.78, 5) is 23.9. The number of amides is 1. The lowest BCUT2D eigenvalue weighted by molar-refractivity contribution is -0.131. The molecular formula is C9H10N2O3. The second-order valence-electron chi connectivity index (χ2n) is 2.61. The predicted octanol–water partition coefficient (Wildman–Crippen LogP) is 0.272. The van der Waals surface area contributed by atoms with E-state index in [9.17, 15) is 9.59 Å². The summed E-state index contributed by atoms with van der Waals surface area (Å²) in [5.74, 6) is -1.56. The number of H-pyrrole nitrogens is 1. The summed E-state index contributed by atoms with van der Waals surface area (Å²) < 4.78 is 0. The molecule has 0 atom stereocenters. The Kier molecular flexibility index (Phi) is 3.49. The van der Waals surface area contributed by atoms with E-state index >= 15 is 0 Å². The number of carboxylic acids is 1. The van der Waals surface area contributed by atoms with Gasteiger partial charge in [-0.05, 0) is 11.6 Å². The Labute approximate surface area is 80.4 Å². The minimum Gasteiger partial charge on any atom is -0.478 e. The molecule has 1 heterocycles. The summed E-state index contributed by atoms with van der Waals surface area (Å²) in [6.45, 7) is 0.381. The zero-order valence-electron chi connectivity index (χ0n) is 7.36. The Bertz CT molecular complexity index is 341. The lowest BCUT2D eigenvalue weighted by atomic mass is 10.3. The molecule has 3 N–H and O–H groups in total. The predicted molar refractivity (Wildman–Crippen MR) is 49.4 cm³/mol. The van der Waals surface area contributed by atoms with Crippen molar-refractivity contribution in [2.45, 2.75) is 6.54 Å². The first-order chi connectivity index (χ1) is 6.68. The maximum atomic E-state index is 11.0. The van der Waals surface area contributed by atoms with Gasteiger partial charge in [-0.2, -0.15) is 0 Å². The molecule has 0 unspecified atom stereocenters. The molecule has 1 aromatic heterocycles. The van der Waals surface area contributed by atoms with Crippen LogP contribution in [0.3, 0.4) is 0 Å². The summed E-state index contributed by atoms with van der Waals surface area (Å²) in [6.07, 6.45) is 5.28. The van der Waals surface area contributed by atoms with Crippen molar-refractivity contribution in [3.63, 3.8) is 0 Å². The number of rotatable bonds is 4. The number of carbonyl (C=O) groups excluding carboxylic acids is 1. The normalized spacial score (nSPS) is 10.3. The molecule has 5 heteroatoms. The first-order valence-electron chi connectivity index (χ1n) is 3.99. The molecular weight excluding hydrogens is 184 g/mol. The maximum absolute atomic E-state index is 11.0. The van der Waals surface area contributed by atoms with Crippen LogP contribution in [-0.2, 0) is 16.1 Å². The second kappa shape index (κ2) is 4.86. The van der Waals surface area contributed by atoms with Crippen LogP contribution in [0.1, 0.15) is 5.56 Å². The molecule has 0 spiro atoms. The molecule has 0 radical (unpaired) electrons. The largest absolute Gasteiger partial charge is 0.478 e. The zero-order valence-corrected chi connectivity index (χ0v) is 7.36. The molecule has 1 aromatic rings. The van der Waals surface area contributed by atoms with E-state index in [2.05, 4.69) is 10.3 Å². The molecule has 0 fully saturated rings. The van der Waals surface area contributed by atoms with Gasteiger partial charge in [-0.15, -0.1) is 0 Å². The quantitative estimate of drug-likeness (QED) is 0.602. The van der Waals surface area contributed by atoms with Gasteiger partial charge in [0.25, 0.3) is 0 Å². The number of carbonyl (C=O) groups is 2. The van der Waals surface area contributed by atoms with Crippen LogP contribution in [0.25, 0.3) is 0 Å². The molecule has 0 saturated carbocycles. The Morgan fingerprint density at radius 2 is 2.29 bits per heavy atom. The Hall–Kier alpha value is -2.04. The number of nitrogens with one attached hydrogen (secondary N) is 2. The average molecular weight is 194 g/mol. The highest BCUT2D eigenvalue weighted by Gasteiger charge is 1.97. The van der Waals surface area contributed by atoms with Crippen molar-refractivity contribution < 1.29 is 14.7 Å². The lowest BCUT2D eigenvalue weighted by Crippen LogP contribution is -2.20. The van der Waals surface area contributed by atoms with Crippen LogP contribution in [0.4, 0.5) is 0 Å². The van der Waals surface area contributed by atoms with Gasteiger partial charge in [-0.25, -0.2) is 4.79 Å². The molecule has 0 saturated heterocycles. The average Bonchev–Trinajstić information content (AvgIpc) is 2.63. The third kappa shape index (κ3) is 3.57. The fourth-order valence-corrected chi connectivity index (χ4v) is 0.863. The molecule has 0 aliphatic heterocycles. The second-order valence-corrected chi connectivity index (χ2v) is 2.61. The minimum absolute atomic E-state index is 0.381. The van der Waals surface area contributed by atoms with E-state index < -0.39 is 11.9 Å². The van der Waals surface area contributed by atoms with Gasteiger partial charge in [-0.1, -0.05) is 0 Å². The van der Waals surface area contributed by atoms with Crippen molar-refractivity contribution in [3.8, 4) is 0 Å². The SMILES string of the molecule is O=C(O)/C=C/C(=O)NCc1cc[nH]c1. The van der Waals surface area contributed by atoms with Gasteiger partial charge in [0, 0.05) is 31.1 Å². The topological polar surface area (TPSA) is 82.2 Å². The molecule has 1 rings (SSSR count). The molecule has 74 valence electrons. The van der Waals surface area contributed by atoms with Crippen LogP contribution < -0.4 is 5.32 Å². The molecule has 1 amide bonds. The van der Waals surface area contributed by atoms with Crippen LogP contribution in [-0.4, -0.2) is 22.0 Å². The summed E-state index contributed by atoms with van der Waals surface area (Å²) in [6, 6.07) is 1.82.